The van der Waals surface area contributed by atoms with Crippen LogP contribution in [0.4, 0.5) is 8.78 Å². The van der Waals surface area contributed by atoms with Crippen LogP contribution in [-0.4, -0.2) is 30.6 Å². The van der Waals surface area contributed by atoms with E-state index in [9.17, 15) is 8.78 Å². The molecule has 2 unspecified atom stereocenters. The molecule has 4 heteroatoms. The van der Waals surface area contributed by atoms with Crippen molar-refractivity contribution < 1.29 is 8.78 Å². The van der Waals surface area contributed by atoms with Gasteiger partial charge in [-0.05, 0) is 51.9 Å². The Morgan fingerprint density at radius 2 is 1.74 bits per heavy atom. The van der Waals surface area contributed by atoms with Gasteiger partial charge in [-0.2, -0.15) is 0 Å². The maximum absolute atomic E-state index is 13.7. The highest BCUT2D eigenvalue weighted by Gasteiger charge is 2.19. The van der Waals surface area contributed by atoms with Crippen molar-refractivity contribution in [1.82, 2.24) is 10.2 Å². The molecule has 0 aliphatic carbocycles. The molecule has 0 bridgehead atoms. The fraction of sp³-hybridized carbons (Fsp3) is 0.600. The number of benzene rings is 1. The second-order valence-electron chi connectivity index (χ2n) is 5.43. The van der Waals surface area contributed by atoms with Gasteiger partial charge in [0.25, 0.3) is 0 Å². The monoisotopic (exact) mass is 268 g/mol. The van der Waals surface area contributed by atoms with Gasteiger partial charge in [-0.25, -0.2) is 8.78 Å². The van der Waals surface area contributed by atoms with Crippen molar-refractivity contribution >= 4 is 0 Å². The molecular weight excluding hydrogens is 246 g/mol. The summed E-state index contributed by atoms with van der Waals surface area (Å²) in [5.41, 5.74) is 0.135. The van der Waals surface area contributed by atoms with Crippen LogP contribution < -0.4 is 5.32 Å². The van der Waals surface area contributed by atoms with Crippen molar-refractivity contribution in [1.29, 1.82) is 0 Å². The summed E-state index contributed by atoms with van der Waals surface area (Å²) in [7, 11) is 0. The van der Waals surface area contributed by atoms with E-state index >= 15 is 0 Å². The van der Waals surface area contributed by atoms with Crippen molar-refractivity contribution in [3.05, 3.63) is 35.4 Å². The van der Waals surface area contributed by atoms with Crippen LogP contribution in [0.15, 0.2) is 18.2 Å². The lowest BCUT2D eigenvalue weighted by Crippen LogP contribution is -2.39. The minimum Gasteiger partial charge on any atom is -0.306 e. The molecule has 1 saturated heterocycles. The average Bonchev–Trinajstić information content (AvgIpc) is 2.81. The number of halogens is 2. The first-order chi connectivity index (χ1) is 9.08. The molecule has 1 aliphatic rings. The Balaban J connectivity index is 1.94. The molecule has 19 heavy (non-hydrogen) atoms. The van der Waals surface area contributed by atoms with E-state index < -0.39 is 11.6 Å². The summed E-state index contributed by atoms with van der Waals surface area (Å²) >= 11 is 0. The van der Waals surface area contributed by atoms with Gasteiger partial charge < -0.3 is 10.2 Å². The maximum atomic E-state index is 13.7. The number of nitrogens with zero attached hydrogens (tertiary/aromatic N) is 1. The van der Waals surface area contributed by atoms with E-state index in [1.807, 2.05) is 6.92 Å². The van der Waals surface area contributed by atoms with Crippen molar-refractivity contribution in [3.8, 4) is 0 Å². The van der Waals surface area contributed by atoms with E-state index in [1.165, 1.54) is 31.0 Å². The van der Waals surface area contributed by atoms with Crippen LogP contribution in [-0.2, 0) is 0 Å². The molecule has 106 valence electrons. The third-order valence-corrected chi connectivity index (χ3v) is 3.70. The number of hydrogen-bond donors (Lipinski definition) is 1. The predicted octanol–water partition coefficient (Wildman–Crippen LogP) is 3.10. The van der Waals surface area contributed by atoms with Crippen LogP contribution >= 0.6 is 0 Å². The maximum Gasteiger partial charge on any atom is 0.130 e. The number of likely N-dealkylation sites (tertiary alicyclic amines) is 1. The van der Waals surface area contributed by atoms with Crippen LogP contribution in [0, 0.1) is 11.6 Å². The molecule has 1 aromatic carbocycles. The van der Waals surface area contributed by atoms with E-state index in [4.69, 9.17) is 0 Å². The summed E-state index contributed by atoms with van der Waals surface area (Å²) in [4.78, 5) is 2.39. The van der Waals surface area contributed by atoms with E-state index in [-0.39, 0.29) is 17.6 Å². The zero-order valence-electron chi connectivity index (χ0n) is 11.6. The van der Waals surface area contributed by atoms with E-state index in [2.05, 4.69) is 17.1 Å². The standard InChI is InChI=1S/C15H22F2N2/c1-11(10-19-8-3-4-9-19)18-12(2)15-13(16)6-5-7-14(15)17/h5-7,11-12,18H,3-4,8-10H2,1-2H3. The molecule has 1 aromatic rings. The Kier molecular flexibility index (Phi) is 4.88. The first kappa shape index (κ1) is 14.4. The molecule has 1 aliphatic heterocycles. The minimum atomic E-state index is -0.478. The molecule has 0 saturated carbocycles. The summed E-state index contributed by atoms with van der Waals surface area (Å²) < 4.78 is 27.3. The third-order valence-electron chi connectivity index (χ3n) is 3.70. The molecule has 0 aromatic heterocycles. The van der Waals surface area contributed by atoms with Gasteiger partial charge in [0, 0.05) is 24.2 Å². The predicted molar refractivity (Wildman–Crippen MR) is 73.0 cm³/mol. The van der Waals surface area contributed by atoms with Gasteiger partial charge in [0.15, 0.2) is 0 Å². The summed E-state index contributed by atoms with van der Waals surface area (Å²) in [6, 6.07) is 3.91. The van der Waals surface area contributed by atoms with Crippen LogP contribution in [0.25, 0.3) is 0 Å². The van der Waals surface area contributed by atoms with E-state index in [0.717, 1.165) is 19.6 Å². The summed E-state index contributed by atoms with van der Waals surface area (Å²) in [5.74, 6) is -0.957. The molecule has 1 N–H and O–H groups in total. The van der Waals surface area contributed by atoms with Gasteiger partial charge >= 0.3 is 0 Å². The molecule has 2 nitrogen and oxygen atoms in total. The van der Waals surface area contributed by atoms with Crippen molar-refractivity contribution in [2.45, 2.75) is 38.8 Å². The fourth-order valence-corrected chi connectivity index (χ4v) is 2.84. The van der Waals surface area contributed by atoms with Gasteiger partial charge in [0.2, 0.25) is 0 Å². The SMILES string of the molecule is CC(CN1CCCC1)NC(C)c1c(F)cccc1F. The smallest absolute Gasteiger partial charge is 0.130 e. The lowest BCUT2D eigenvalue weighted by Gasteiger charge is -2.25. The van der Waals surface area contributed by atoms with Crippen LogP contribution in [0.3, 0.4) is 0 Å². The Hall–Kier alpha value is -1.00. The largest absolute Gasteiger partial charge is 0.306 e. The molecule has 0 amide bonds. The molecule has 2 atom stereocenters. The van der Waals surface area contributed by atoms with Gasteiger partial charge in [-0.15, -0.1) is 0 Å². The van der Waals surface area contributed by atoms with Crippen molar-refractivity contribution in [3.63, 3.8) is 0 Å². The Morgan fingerprint density at radius 3 is 2.32 bits per heavy atom. The minimum absolute atomic E-state index is 0.135. The first-order valence-electron chi connectivity index (χ1n) is 7.00. The second-order valence-corrected chi connectivity index (χ2v) is 5.43. The Labute approximate surface area is 113 Å². The van der Waals surface area contributed by atoms with Gasteiger partial charge in [-0.3, -0.25) is 0 Å². The third kappa shape index (κ3) is 3.74. The van der Waals surface area contributed by atoms with Crippen molar-refractivity contribution in [2.75, 3.05) is 19.6 Å². The highest BCUT2D eigenvalue weighted by molar-refractivity contribution is 5.22. The van der Waals surface area contributed by atoms with Crippen LogP contribution in [0.2, 0.25) is 0 Å². The van der Waals surface area contributed by atoms with Gasteiger partial charge in [0.1, 0.15) is 11.6 Å². The molecule has 1 heterocycles. The zero-order valence-corrected chi connectivity index (χ0v) is 11.6. The molecule has 0 spiro atoms. The summed E-state index contributed by atoms with van der Waals surface area (Å²) in [6.45, 7) is 7.07. The van der Waals surface area contributed by atoms with Crippen LogP contribution in [0.1, 0.15) is 38.3 Å². The zero-order chi connectivity index (χ0) is 13.8. The molecule has 0 radical (unpaired) electrons. The van der Waals surface area contributed by atoms with Gasteiger partial charge in [0.05, 0.1) is 0 Å². The quantitative estimate of drug-likeness (QED) is 0.882. The average molecular weight is 268 g/mol. The number of nitrogens with one attached hydrogen (secondary N) is 1. The number of hydrogen-bond acceptors (Lipinski definition) is 2. The number of rotatable bonds is 5. The lowest BCUT2D eigenvalue weighted by molar-refractivity contribution is 0.287. The first-order valence-corrected chi connectivity index (χ1v) is 7.00. The lowest BCUT2D eigenvalue weighted by atomic mass is 10.1. The second kappa shape index (κ2) is 6.44. The fourth-order valence-electron chi connectivity index (χ4n) is 2.84. The topological polar surface area (TPSA) is 15.3 Å². The van der Waals surface area contributed by atoms with Crippen molar-refractivity contribution in [2.24, 2.45) is 0 Å². The van der Waals surface area contributed by atoms with Crippen LogP contribution in [0.5, 0.6) is 0 Å². The molecular formula is C15H22F2N2. The highest BCUT2D eigenvalue weighted by Crippen LogP contribution is 2.21. The summed E-state index contributed by atoms with van der Waals surface area (Å²) in [6.07, 6.45) is 2.51. The van der Waals surface area contributed by atoms with Gasteiger partial charge in [-0.1, -0.05) is 6.07 Å². The summed E-state index contributed by atoms with van der Waals surface area (Å²) in [5, 5.41) is 3.28. The molecule has 1 fully saturated rings. The highest BCUT2D eigenvalue weighted by atomic mass is 19.1. The van der Waals surface area contributed by atoms with E-state index in [1.54, 1.807) is 0 Å². The Morgan fingerprint density at radius 1 is 1.16 bits per heavy atom. The normalized spacial score (nSPS) is 19.6. The molecule has 2 rings (SSSR count). The Bertz CT molecular complexity index is 396. The van der Waals surface area contributed by atoms with E-state index in [0.29, 0.717) is 0 Å².